The Bertz CT molecular complexity index is 1020. The van der Waals surface area contributed by atoms with Crippen LogP contribution in [0.15, 0.2) is 6.07 Å². The number of fused-ring (bicyclic) bond motifs is 1. The van der Waals surface area contributed by atoms with Gasteiger partial charge in [-0.3, -0.25) is 0 Å². The van der Waals surface area contributed by atoms with Gasteiger partial charge in [-0.15, -0.1) is 0 Å². The third-order valence-electron chi connectivity index (χ3n) is 11.6. The van der Waals surface area contributed by atoms with Crippen molar-refractivity contribution in [3.63, 3.8) is 0 Å². The van der Waals surface area contributed by atoms with E-state index in [0.29, 0.717) is 25.2 Å². The summed E-state index contributed by atoms with van der Waals surface area (Å²) < 4.78 is 90.7. The van der Waals surface area contributed by atoms with Gasteiger partial charge in [0.05, 0.1) is 5.56 Å². The molecule has 1 aliphatic heterocycles. The van der Waals surface area contributed by atoms with Crippen LogP contribution in [0.3, 0.4) is 0 Å². The van der Waals surface area contributed by atoms with Gasteiger partial charge in [0.2, 0.25) is 0 Å². The van der Waals surface area contributed by atoms with Crippen molar-refractivity contribution in [1.82, 2.24) is 0 Å². The fraction of sp³-hybridized carbons (Fsp3) is 0.829. The molecular weight excluding hydrogens is 550 g/mol. The minimum absolute atomic E-state index is 0.0410. The van der Waals surface area contributed by atoms with Gasteiger partial charge in [0.15, 0.2) is 0 Å². The number of hydrogen-bond acceptors (Lipinski definition) is 1. The zero-order valence-corrected chi connectivity index (χ0v) is 25.5. The Kier molecular flexibility index (Phi) is 10.1. The molecule has 3 saturated carbocycles. The molecule has 1 aromatic rings. The molecule has 3 aliphatic carbocycles. The normalized spacial score (nSPS) is 32.7. The molecule has 0 amide bonds. The first kappa shape index (κ1) is 32.0. The summed E-state index contributed by atoms with van der Waals surface area (Å²) in [7, 11) is 0. The molecule has 0 N–H and O–H groups in total. The first-order valence-corrected chi connectivity index (χ1v) is 17.0. The van der Waals surface area contributed by atoms with Gasteiger partial charge in [0.25, 0.3) is 0 Å². The second-order valence-electron chi connectivity index (χ2n) is 14.1. The highest BCUT2D eigenvalue weighted by Gasteiger charge is 2.49. The predicted octanol–water partition coefficient (Wildman–Crippen LogP) is 11.6. The van der Waals surface area contributed by atoms with E-state index in [1.54, 1.807) is 6.92 Å². The van der Waals surface area contributed by atoms with Crippen molar-refractivity contribution in [2.75, 3.05) is 0 Å². The molecule has 3 fully saturated rings. The Morgan fingerprint density at radius 3 is 1.55 bits per heavy atom. The highest BCUT2D eigenvalue weighted by molar-refractivity contribution is 5.54. The summed E-state index contributed by atoms with van der Waals surface area (Å²) in [5.41, 5.74) is -3.15. The second kappa shape index (κ2) is 13.3. The molecule has 1 unspecified atom stereocenters. The largest absolute Gasteiger partial charge is 0.489 e. The van der Waals surface area contributed by atoms with E-state index in [1.165, 1.54) is 70.3 Å². The smallest absolute Gasteiger partial charge is 0.420 e. The molecule has 0 saturated heterocycles. The van der Waals surface area contributed by atoms with E-state index < -0.39 is 35.3 Å². The van der Waals surface area contributed by atoms with Crippen LogP contribution in [0, 0.1) is 35.5 Å². The number of aryl methyl sites for hydroxylation is 2. The average Bonchev–Trinajstić information content (AvgIpc) is 2.96. The Balaban J connectivity index is 1.18. The van der Waals surface area contributed by atoms with E-state index in [4.69, 9.17) is 4.74 Å². The minimum Gasteiger partial charge on any atom is -0.489 e. The van der Waals surface area contributed by atoms with Crippen molar-refractivity contribution < 1.29 is 31.1 Å². The number of alkyl halides is 6. The zero-order valence-electron chi connectivity index (χ0n) is 25.5. The first-order chi connectivity index (χ1) is 20.0. The Labute approximate surface area is 248 Å². The zero-order chi connectivity index (χ0) is 30.1. The molecule has 0 radical (unpaired) electrons. The standard InChI is InChI=1S/C35H50F6O/c1-3-5-22-7-9-23(10-8-22)24-11-13-25(14-12-24)26-15-17-27(18-16-26)30-20-19-29-21-28(6-4-2)31(34(36,37)38)32(33(29)42-30)35(39,40)41/h21-27,30H,3-20H2,1-2H3. The molecule has 1 atom stereocenters. The van der Waals surface area contributed by atoms with Gasteiger partial charge in [-0.2, -0.15) is 26.3 Å². The van der Waals surface area contributed by atoms with Gasteiger partial charge >= 0.3 is 12.4 Å². The third-order valence-corrected chi connectivity index (χ3v) is 11.6. The molecule has 42 heavy (non-hydrogen) atoms. The minimum atomic E-state index is -5.13. The number of halogens is 6. The van der Waals surface area contributed by atoms with Gasteiger partial charge < -0.3 is 4.74 Å². The van der Waals surface area contributed by atoms with Gasteiger partial charge in [0, 0.05) is 0 Å². The molecule has 1 heterocycles. The summed E-state index contributed by atoms with van der Waals surface area (Å²) in [5.74, 6) is 3.71. The lowest BCUT2D eigenvalue weighted by Gasteiger charge is -2.43. The molecule has 4 aliphatic rings. The lowest BCUT2D eigenvalue weighted by molar-refractivity contribution is -0.164. The first-order valence-electron chi connectivity index (χ1n) is 17.0. The van der Waals surface area contributed by atoms with Crippen LogP contribution in [0.1, 0.15) is 139 Å². The maximum absolute atomic E-state index is 14.2. The molecular formula is C35H50F6O. The number of ether oxygens (including phenoxy) is 1. The van der Waals surface area contributed by atoms with Crippen LogP contribution >= 0.6 is 0 Å². The summed E-state index contributed by atoms with van der Waals surface area (Å²) in [5, 5.41) is 0. The summed E-state index contributed by atoms with van der Waals surface area (Å²) in [6, 6.07) is 1.33. The van der Waals surface area contributed by atoms with Crippen LogP contribution < -0.4 is 4.74 Å². The summed E-state index contributed by atoms with van der Waals surface area (Å²) in [6.45, 7) is 3.97. The molecule has 238 valence electrons. The van der Waals surface area contributed by atoms with E-state index in [1.807, 2.05) is 0 Å². The van der Waals surface area contributed by atoms with E-state index >= 15 is 0 Å². The molecule has 0 spiro atoms. The third kappa shape index (κ3) is 7.11. The highest BCUT2D eigenvalue weighted by Crippen LogP contribution is 2.52. The average molecular weight is 601 g/mol. The van der Waals surface area contributed by atoms with Crippen LogP contribution in [0.5, 0.6) is 5.75 Å². The van der Waals surface area contributed by atoms with Gasteiger partial charge in [-0.05, 0) is 130 Å². The lowest BCUT2D eigenvalue weighted by atomic mass is 9.64. The maximum Gasteiger partial charge on any atom is 0.420 e. The second-order valence-corrected chi connectivity index (χ2v) is 14.1. The molecule has 0 aromatic heterocycles. The number of hydrogen-bond donors (Lipinski definition) is 0. The fourth-order valence-corrected chi connectivity index (χ4v) is 9.44. The van der Waals surface area contributed by atoms with Crippen molar-refractivity contribution in [2.45, 2.75) is 148 Å². The summed E-state index contributed by atoms with van der Waals surface area (Å²) in [6.07, 6.45) is 8.09. The Morgan fingerprint density at radius 1 is 0.619 bits per heavy atom. The van der Waals surface area contributed by atoms with Gasteiger partial charge in [-0.1, -0.05) is 52.0 Å². The Hall–Kier alpha value is -1.40. The fourth-order valence-electron chi connectivity index (χ4n) is 9.44. The lowest BCUT2D eigenvalue weighted by Crippen LogP contribution is -2.36. The van der Waals surface area contributed by atoms with E-state index in [2.05, 4.69) is 6.92 Å². The topological polar surface area (TPSA) is 9.23 Å². The van der Waals surface area contributed by atoms with Gasteiger partial charge in [0.1, 0.15) is 17.4 Å². The molecule has 5 rings (SSSR count). The van der Waals surface area contributed by atoms with E-state index in [0.717, 1.165) is 49.4 Å². The van der Waals surface area contributed by atoms with Gasteiger partial charge in [-0.25, -0.2) is 0 Å². The van der Waals surface area contributed by atoms with E-state index in [-0.39, 0.29) is 23.5 Å². The summed E-state index contributed by atoms with van der Waals surface area (Å²) >= 11 is 0. The highest BCUT2D eigenvalue weighted by atomic mass is 19.4. The number of rotatable bonds is 7. The van der Waals surface area contributed by atoms with Crippen LogP contribution in [-0.2, 0) is 25.2 Å². The molecule has 1 aromatic carbocycles. The van der Waals surface area contributed by atoms with Crippen molar-refractivity contribution in [3.05, 3.63) is 28.3 Å². The molecule has 1 nitrogen and oxygen atoms in total. The van der Waals surface area contributed by atoms with Crippen molar-refractivity contribution in [2.24, 2.45) is 35.5 Å². The van der Waals surface area contributed by atoms with Crippen LogP contribution in [0.25, 0.3) is 0 Å². The predicted molar refractivity (Wildman–Crippen MR) is 154 cm³/mol. The van der Waals surface area contributed by atoms with Crippen molar-refractivity contribution in [3.8, 4) is 5.75 Å². The van der Waals surface area contributed by atoms with Crippen LogP contribution in [0.4, 0.5) is 26.3 Å². The molecule has 7 heteroatoms. The summed E-state index contributed by atoms with van der Waals surface area (Å²) in [4.78, 5) is 0. The molecule has 0 bridgehead atoms. The van der Waals surface area contributed by atoms with Crippen LogP contribution in [0.2, 0.25) is 0 Å². The Morgan fingerprint density at radius 2 is 1.10 bits per heavy atom. The van der Waals surface area contributed by atoms with Crippen molar-refractivity contribution in [1.29, 1.82) is 0 Å². The maximum atomic E-state index is 14.2. The van der Waals surface area contributed by atoms with Crippen molar-refractivity contribution >= 4 is 0 Å². The number of benzene rings is 1. The van der Waals surface area contributed by atoms with E-state index in [9.17, 15) is 26.3 Å². The SMILES string of the molecule is CCCc1cc2c(c(C(F)(F)F)c1C(F)(F)F)OC(C1CCC(C3CCC(C4CCC(CCC)CC4)CC3)CC1)CC2. The monoisotopic (exact) mass is 600 g/mol. The van der Waals surface area contributed by atoms with Crippen LogP contribution in [-0.4, -0.2) is 6.10 Å². The quantitative estimate of drug-likeness (QED) is 0.283.